The molecule has 0 radical (unpaired) electrons. The molecule has 0 unspecified atom stereocenters. The lowest BCUT2D eigenvalue weighted by Crippen LogP contribution is -2.33. The highest BCUT2D eigenvalue weighted by molar-refractivity contribution is 4.68. The van der Waals surface area contributed by atoms with Gasteiger partial charge in [-0.2, -0.15) is 0 Å². The van der Waals surface area contributed by atoms with E-state index in [1.165, 1.54) is 64.6 Å². The summed E-state index contributed by atoms with van der Waals surface area (Å²) in [6.45, 7) is 15.3. The van der Waals surface area contributed by atoms with Crippen LogP contribution >= 0.6 is 0 Å². The molecule has 0 aromatic rings. The summed E-state index contributed by atoms with van der Waals surface area (Å²) >= 11 is 0. The Kier molecular flexibility index (Phi) is 9.91. The smallest absolute Gasteiger partial charge is 0.00299 e. The molecular formula is C16H35N. The van der Waals surface area contributed by atoms with Gasteiger partial charge in [0.2, 0.25) is 0 Å². The third kappa shape index (κ3) is 12.2. The van der Waals surface area contributed by atoms with Crippen LogP contribution in [0.5, 0.6) is 0 Å². The quantitative estimate of drug-likeness (QED) is 0.481. The van der Waals surface area contributed by atoms with Gasteiger partial charge in [0.05, 0.1) is 0 Å². The van der Waals surface area contributed by atoms with Crippen molar-refractivity contribution in [3.8, 4) is 0 Å². The second kappa shape index (κ2) is 9.94. The molecule has 0 aromatic carbocycles. The van der Waals surface area contributed by atoms with Crippen molar-refractivity contribution in [2.75, 3.05) is 19.6 Å². The molecule has 0 fully saturated rings. The van der Waals surface area contributed by atoms with Gasteiger partial charge in [-0.05, 0) is 24.9 Å². The molecule has 0 aliphatic heterocycles. The minimum atomic E-state index is 0.442. The van der Waals surface area contributed by atoms with Gasteiger partial charge in [-0.1, -0.05) is 73.1 Å². The molecule has 1 heteroatoms. The van der Waals surface area contributed by atoms with Gasteiger partial charge in [0.25, 0.3) is 0 Å². The fraction of sp³-hybridized carbons (Fsp3) is 1.00. The van der Waals surface area contributed by atoms with E-state index in [-0.39, 0.29) is 0 Å². The normalized spacial score (nSPS) is 12.4. The van der Waals surface area contributed by atoms with E-state index in [0.29, 0.717) is 5.41 Å². The van der Waals surface area contributed by atoms with E-state index in [9.17, 15) is 0 Å². The van der Waals surface area contributed by atoms with Crippen molar-refractivity contribution in [3.63, 3.8) is 0 Å². The fourth-order valence-electron chi connectivity index (χ4n) is 2.31. The summed E-state index contributed by atoms with van der Waals surface area (Å²) in [7, 11) is 0. The first-order valence-electron chi connectivity index (χ1n) is 7.72. The lowest BCUT2D eigenvalue weighted by atomic mass is 9.96. The Hall–Kier alpha value is -0.0400. The van der Waals surface area contributed by atoms with Gasteiger partial charge in [0.1, 0.15) is 0 Å². The first-order valence-corrected chi connectivity index (χ1v) is 7.72. The lowest BCUT2D eigenvalue weighted by molar-refractivity contribution is 0.196. The molecule has 104 valence electrons. The first-order chi connectivity index (χ1) is 7.99. The van der Waals surface area contributed by atoms with Crippen LogP contribution in [0.2, 0.25) is 0 Å². The highest BCUT2D eigenvalue weighted by Crippen LogP contribution is 2.15. The van der Waals surface area contributed by atoms with E-state index in [0.717, 1.165) is 0 Å². The maximum atomic E-state index is 2.60. The molecule has 0 amide bonds. The number of nitrogens with zero attached hydrogens (tertiary/aromatic N) is 1. The molecule has 0 atom stereocenters. The van der Waals surface area contributed by atoms with Crippen molar-refractivity contribution >= 4 is 0 Å². The average molecular weight is 241 g/mol. The van der Waals surface area contributed by atoms with Gasteiger partial charge in [-0.15, -0.1) is 0 Å². The molecule has 0 aliphatic rings. The molecule has 1 nitrogen and oxygen atoms in total. The summed E-state index contributed by atoms with van der Waals surface area (Å²) in [6.07, 6.45) is 9.91. The Balaban J connectivity index is 3.44. The minimum absolute atomic E-state index is 0.442. The highest BCUT2D eigenvalue weighted by atomic mass is 15.1. The summed E-state index contributed by atoms with van der Waals surface area (Å²) in [6, 6.07) is 0. The third-order valence-electron chi connectivity index (χ3n) is 3.22. The SMILES string of the molecule is CCCCCCCCCN(CC)CC(C)(C)C. The van der Waals surface area contributed by atoms with Crippen molar-refractivity contribution in [3.05, 3.63) is 0 Å². The predicted octanol–water partition coefficient (Wildman–Crippen LogP) is 5.11. The maximum absolute atomic E-state index is 2.60. The van der Waals surface area contributed by atoms with Crippen LogP contribution in [0, 0.1) is 5.41 Å². The van der Waals surface area contributed by atoms with Crippen LogP contribution in [0.15, 0.2) is 0 Å². The first kappa shape index (κ1) is 17.0. The summed E-state index contributed by atoms with van der Waals surface area (Å²) in [5, 5.41) is 0. The van der Waals surface area contributed by atoms with E-state index in [1.807, 2.05) is 0 Å². The fourth-order valence-corrected chi connectivity index (χ4v) is 2.31. The van der Waals surface area contributed by atoms with E-state index in [4.69, 9.17) is 0 Å². The second-order valence-corrected chi connectivity index (χ2v) is 6.55. The predicted molar refractivity (Wildman–Crippen MR) is 79.6 cm³/mol. The Bertz CT molecular complexity index is 157. The van der Waals surface area contributed by atoms with E-state index in [1.54, 1.807) is 0 Å². The second-order valence-electron chi connectivity index (χ2n) is 6.55. The summed E-state index contributed by atoms with van der Waals surface area (Å²) in [4.78, 5) is 2.60. The van der Waals surface area contributed by atoms with Gasteiger partial charge in [0, 0.05) is 6.54 Å². The zero-order valence-electron chi connectivity index (χ0n) is 13.0. The highest BCUT2D eigenvalue weighted by Gasteiger charge is 2.14. The lowest BCUT2D eigenvalue weighted by Gasteiger charge is -2.28. The molecule has 0 aliphatic carbocycles. The Morgan fingerprint density at radius 1 is 0.765 bits per heavy atom. The zero-order valence-corrected chi connectivity index (χ0v) is 13.0. The van der Waals surface area contributed by atoms with Crippen molar-refractivity contribution in [2.45, 2.75) is 79.6 Å². The Morgan fingerprint density at radius 2 is 1.29 bits per heavy atom. The van der Waals surface area contributed by atoms with E-state index < -0.39 is 0 Å². The van der Waals surface area contributed by atoms with Crippen LogP contribution in [0.3, 0.4) is 0 Å². The van der Waals surface area contributed by atoms with Gasteiger partial charge in [-0.25, -0.2) is 0 Å². The molecule has 0 aromatic heterocycles. The zero-order chi connectivity index (χ0) is 13.1. The van der Waals surface area contributed by atoms with Gasteiger partial charge in [0.15, 0.2) is 0 Å². The van der Waals surface area contributed by atoms with Gasteiger partial charge < -0.3 is 4.90 Å². The van der Waals surface area contributed by atoms with Crippen molar-refractivity contribution in [1.29, 1.82) is 0 Å². The molecule has 0 saturated heterocycles. The van der Waals surface area contributed by atoms with Crippen LogP contribution in [-0.2, 0) is 0 Å². The maximum Gasteiger partial charge on any atom is 0.00299 e. The summed E-state index contributed by atoms with van der Waals surface area (Å²) < 4.78 is 0. The minimum Gasteiger partial charge on any atom is -0.303 e. The van der Waals surface area contributed by atoms with Crippen LogP contribution in [-0.4, -0.2) is 24.5 Å². The summed E-state index contributed by atoms with van der Waals surface area (Å²) in [5.74, 6) is 0. The summed E-state index contributed by atoms with van der Waals surface area (Å²) in [5.41, 5.74) is 0.442. The van der Waals surface area contributed by atoms with Crippen LogP contribution < -0.4 is 0 Å². The Labute approximate surface area is 110 Å². The van der Waals surface area contributed by atoms with Crippen molar-refractivity contribution in [2.24, 2.45) is 5.41 Å². The molecule has 0 saturated carbocycles. The van der Waals surface area contributed by atoms with Gasteiger partial charge >= 0.3 is 0 Å². The standard InChI is InChI=1S/C16H35N/c1-6-8-9-10-11-12-13-14-17(7-2)15-16(3,4)5/h6-15H2,1-5H3. The number of rotatable bonds is 10. The Morgan fingerprint density at radius 3 is 1.76 bits per heavy atom. The van der Waals surface area contributed by atoms with E-state index in [2.05, 4.69) is 39.5 Å². The number of hydrogen-bond acceptors (Lipinski definition) is 1. The van der Waals surface area contributed by atoms with Gasteiger partial charge in [-0.3, -0.25) is 0 Å². The third-order valence-corrected chi connectivity index (χ3v) is 3.22. The molecule has 0 spiro atoms. The number of unbranched alkanes of at least 4 members (excludes halogenated alkanes) is 6. The molecule has 0 heterocycles. The molecule has 0 N–H and O–H groups in total. The average Bonchev–Trinajstić information content (AvgIpc) is 2.24. The monoisotopic (exact) mass is 241 g/mol. The molecule has 0 bridgehead atoms. The topological polar surface area (TPSA) is 3.24 Å². The van der Waals surface area contributed by atoms with E-state index >= 15 is 0 Å². The molecular weight excluding hydrogens is 206 g/mol. The van der Waals surface area contributed by atoms with Crippen molar-refractivity contribution < 1.29 is 0 Å². The largest absolute Gasteiger partial charge is 0.303 e. The number of hydrogen-bond donors (Lipinski definition) is 0. The van der Waals surface area contributed by atoms with Crippen LogP contribution in [0.1, 0.15) is 79.6 Å². The molecule has 17 heavy (non-hydrogen) atoms. The molecule has 0 rings (SSSR count). The van der Waals surface area contributed by atoms with Crippen LogP contribution in [0.25, 0.3) is 0 Å². The van der Waals surface area contributed by atoms with Crippen molar-refractivity contribution in [1.82, 2.24) is 4.90 Å². The van der Waals surface area contributed by atoms with Crippen LogP contribution in [0.4, 0.5) is 0 Å².